The molecule has 1 aromatic rings. The lowest BCUT2D eigenvalue weighted by molar-refractivity contribution is -0.164. The van der Waals surface area contributed by atoms with Crippen molar-refractivity contribution < 1.29 is 15.0 Å². The number of rotatable bonds is 3. The van der Waals surface area contributed by atoms with E-state index in [1.54, 1.807) is 36.4 Å². The van der Waals surface area contributed by atoms with Gasteiger partial charge in [0.05, 0.1) is 0 Å². The molecule has 2 atom stereocenters. The largest absolute Gasteiger partial charge is 0.479 e. The number of allylic oxidation sites excluding steroid dienone is 1. The smallest absolute Gasteiger partial charge is 0.341 e. The molecule has 16 heavy (non-hydrogen) atoms. The monoisotopic (exact) mass is 218 g/mol. The zero-order chi connectivity index (χ0) is 11.6. The van der Waals surface area contributed by atoms with E-state index in [1.165, 1.54) is 0 Å². The Morgan fingerprint density at radius 2 is 2.00 bits per heavy atom. The van der Waals surface area contributed by atoms with Crippen LogP contribution in [0.15, 0.2) is 42.5 Å². The molecular weight excluding hydrogens is 204 g/mol. The summed E-state index contributed by atoms with van der Waals surface area (Å²) in [5, 5.41) is 19.7. The molecule has 2 unspecified atom stereocenters. The molecule has 2 N–H and O–H groups in total. The highest BCUT2D eigenvalue weighted by Gasteiger charge is 2.45. The molecular formula is C13H14O3. The number of carbonyl (C=O) groups is 1. The topological polar surface area (TPSA) is 57.5 Å². The van der Waals surface area contributed by atoms with Crippen molar-refractivity contribution in [3.8, 4) is 0 Å². The maximum Gasteiger partial charge on any atom is 0.341 e. The van der Waals surface area contributed by atoms with Crippen molar-refractivity contribution in [2.45, 2.75) is 18.4 Å². The molecule has 2 rings (SSSR count). The van der Waals surface area contributed by atoms with Crippen LogP contribution in [0.5, 0.6) is 0 Å². The van der Waals surface area contributed by atoms with Crippen molar-refractivity contribution in [2.24, 2.45) is 5.92 Å². The lowest BCUT2D eigenvalue weighted by Gasteiger charge is -2.29. The molecule has 0 aromatic heterocycles. The summed E-state index contributed by atoms with van der Waals surface area (Å²) in [4.78, 5) is 11.3. The Hall–Kier alpha value is -1.61. The Kier molecular flexibility index (Phi) is 2.79. The minimum Gasteiger partial charge on any atom is -0.479 e. The van der Waals surface area contributed by atoms with E-state index in [0.29, 0.717) is 12.0 Å². The van der Waals surface area contributed by atoms with Gasteiger partial charge in [0.1, 0.15) is 0 Å². The maximum absolute atomic E-state index is 11.3. The van der Waals surface area contributed by atoms with Crippen LogP contribution in [0, 0.1) is 5.92 Å². The average Bonchev–Trinajstić information content (AvgIpc) is 2.82. The van der Waals surface area contributed by atoms with Crippen LogP contribution in [0.3, 0.4) is 0 Å². The van der Waals surface area contributed by atoms with Crippen LogP contribution in [-0.4, -0.2) is 16.2 Å². The molecule has 0 spiro atoms. The summed E-state index contributed by atoms with van der Waals surface area (Å²) >= 11 is 0. The number of hydrogen-bond donors (Lipinski definition) is 2. The summed E-state index contributed by atoms with van der Waals surface area (Å²) in [6, 6.07) is 8.58. The van der Waals surface area contributed by atoms with E-state index in [1.807, 2.05) is 6.08 Å². The van der Waals surface area contributed by atoms with Gasteiger partial charge in [0.2, 0.25) is 0 Å². The van der Waals surface area contributed by atoms with Gasteiger partial charge in [-0.15, -0.1) is 0 Å². The second-order valence-electron chi connectivity index (χ2n) is 4.05. The highest BCUT2D eigenvalue weighted by Crippen LogP contribution is 2.37. The zero-order valence-corrected chi connectivity index (χ0v) is 8.84. The van der Waals surface area contributed by atoms with E-state index < -0.39 is 11.6 Å². The van der Waals surface area contributed by atoms with Gasteiger partial charge in [-0.25, -0.2) is 4.79 Å². The molecule has 84 valence electrons. The Labute approximate surface area is 94.0 Å². The summed E-state index contributed by atoms with van der Waals surface area (Å²) in [7, 11) is 0. The van der Waals surface area contributed by atoms with Gasteiger partial charge in [-0.3, -0.25) is 0 Å². The van der Waals surface area contributed by atoms with Gasteiger partial charge < -0.3 is 10.2 Å². The molecule has 0 saturated carbocycles. The van der Waals surface area contributed by atoms with E-state index in [9.17, 15) is 15.0 Å². The van der Waals surface area contributed by atoms with Gasteiger partial charge in [-0.2, -0.15) is 0 Å². The van der Waals surface area contributed by atoms with Gasteiger partial charge in [0.25, 0.3) is 0 Å². The first-order valence-electron chi connectivity index (χ1n) is 5.33. The second-order valence-corrected chi connectivity index (χ2v) is 4.05. The van der Waals surface area contributed by atoms with Crippen LogP contribution < -0.4 is 0 Å². The van der Waals surface area contributed by atoms with Crippen molar-refractivity contribution in [1.82, 2.24) is 0 Å². The van der Waals surface area contributed by atoms with Gasteiger partial charge in [0, 0.05) is 5.92 Å². The first kappa shape index (κ1) is 10.9. The maximum atomic E-state index is 11.3. The predicted molar refractivity (Wildman–Crippen MR) is 59.8 cm³/mol. The summed E-state index contributed by atoms with van der Waals surface area (Å²) in [6.07, 6.45) is 5.22. The molecule has 0 fully saturated rings. The summed E-state index contributed by atoms with van der Waals surface area (Å²) in [5.74, 6) is -1.53. The number of aliphatic hydroxyl groups is 1. The van der Waals surface area contributed by atoms with E-state index >= 15 is 0 Å². The zero-order valence-electron chi connectivity index (χ0n) is 8.84. The van der Waals surface area contributed by atoms with Crippen LogP contribution in [-0.2, 0) is 10.4 Å². The van der Waals surface area contributed by atoms with E-state index in [4.69, 9.17) is 0 Å². The number of hydrogen-bond acceptors (Lipinski definition) is 2. The van der Waals surface area contributed by atoms with Gasteiger partial charge >= 0.3 is 5.97 Å². The SMILES string of the molecule is O=C(O)C(O)(c1ccccc1)C1C=CCC1. The molecule has 0 radical (unpaired) electrons. The Balaban J connectivity index is 2.43. The lowest BCUT2D eigenvalue weighted by atomic mass is 9.81. The van der Waals surface area contributed by atoms with E-state index in [2.05, 4.69) is 0 Å². The third-order valence-corrected chi connectivity index (χ3v) is 3.09. The second kappa shape index (κ2) is 4.10. The normalized spacial score (nSPS) is 22.9. The highest BCUT2D eigenvalue weighted by atomic mass is 16.4. The molecule has 1 aromatic carbocycles. The van der Waals surface area contributed by atoms with Crippen molar-refractivity contribution in [2.75, 3.05) is 0 Å². The fourth-order valence-corrected chi connectivity index (χ4v) is 2.17. The van der Waals surface area contributed by atoms with E-state index in [0.717, 1.165) is 6.42 Å². The van der Waals surface area contributed by atoms with Crippen LogP contribution >= 0.6 is 0 Å². The van der Waals surface area contributed by atoms with Gasteiger partial charge in [-0.05, 0) is 18.4 Å². The lowest BCUT2D eigenvalue weighted by Crippen LogP contribution is -2.41. The average molecular weight is 218 g/mol. The molecule has 0 saturated heterocycles. The summed E-state index contributed by atoms with van der Waals surface area (Å²) in [6.45, 7) is 0. The fourth-order valence-electron chi connectivity index (χ4n) is 2.17. The van der Waals surface area contributed by atoms with Gasteiger partial charge in [-0.1, -0.05) is 42.5 Å². The molecule has 0 heterocycles. The molecule has 3 nitrogen and oxygen atoms in total. The number of carboxylic acids is 1. The minimum atomic E-state index is -1.80. The highest BCUT2D eigenvalue weighted by molar-refractivity contribution is 5.80. The fraction of sp³-hybridized carbons (Fsp3) is 0.308. The Morgan fingerprint density at radius 1 is 1.31 bits per heavy atom. The number of carboxylic acid groups (broad SMARTS) is 1. The molecule has 0 aliphatic heterocycles. The van der Waals surface area contributed by atoms with Crippen molar-refractivity contribution in [3.63, 3.8) is 0 Å². The predicted octanol–water partition coefficient (Wildman–Crippen LogP) is 1.93. The summed E-state index contributed by atoms with van der Waals surface area (Å²) < 4.78 is 0. The molecule has 0 amide bonds. The first-order valence-corrected chi connectivity index (χ1v) is 5.33. The van der Waals surface area contributed by atoms with Crippen LogP contribution in [0.1, 0.15) is 18.4 Å². The standard InChI is InChI=1S/C13H14O3/c14-12(15)13(16,11-8-4-5-9-11)10-6-2-1-3-7-10/h1-4,6-8,11,16H,5,9H2,(H,14,15). The third kappa shape index (κ3) is 1.63. The quantitative estimate of drug-likeness (QED) is 0.762. The molecule has 1 aliphatic carbocycles. The number of aliphatic carboxylic acids is 1. The van der Waals surface area contributed by atoms with Crippen LogP contribution in [0.4, 0.5) is 0 Å². The number of benzene rings is 1. The molecule has 0 bridgehead atoms. The van der Waals surface area contributed by atoms with Crippen molar-refractivity contribution in [3.05, 3.63) is 48.0 Å². The minimum absolute atomic E-state index is 0.340. The molecule has 3 heteroatoms. The summed E-state index contributed by atoms with van der Waals surface area (Å²) in [5.41, 5.74) is -1.35. The third-order valence-electron chi connectivity index (χ3n) is 3.09. The van der Waals surface area contributed by atoms with Crippen LogP contribution in [0.25, 0.3) is 0 Å². The van der Waals surface area contributed by atoms with Crippen LogP contribution in [0.2, 0.25) is 0 Å². The first-order chi connectivity index (χ1) is 7.65. The Morgan fingerprint density at radius 3 is 2.50 bits per heavy atom. The van der Waals surface area contributed by atoms with Gasteiger partial charge in [0.15, 0.2) is 5.60 Å². The van der Waals surface area contributed by atoms with Crippen molar-refractivity contribution >= 4 is 5.97 Å². The van der Waals surface area contributed by atoms with Crippen molar-refractivity contribution in [1.29, 1.82) is 0 Å². The molecule has 1 aliphatic rings. The Bertz CT molecular complexity index is 410. The van der Waals surface area contributed by atoms with E-state index in [-0.39, 0.29) is 5.92 Å².